The van der Waals surface area contributed by atoms with Crippen LogP contribution in [0, 0.1) is 23.7 Å². The largest absolute Gasteiger partial charge is 0.460 e. The number of ketones is 1. The second kappa shape index (κ2) is 15.7. The van der Waals surface area contributed by atoms with Crippen molar-refractivity contribution in [1.82, 2.24) is 9.80 Å². The van der Waals surface area contributed by atoms with Crippen LogP contribution in [0.15, 0.2) is 0 Å². The molecule has 234 valence electrons. The molecule has 0 rings (SSSR count). The van der Waals surface area contributed by atoms with Gasteiger partial charge in [0.05, 0.1) is 24.6 Å². The number of likely N-dealkylation sites (N-methyl/N-ethyl adjacent to an activating group) is 2. The first-order chi connectivity index (χ1) is 18.1. The lowest BCUT2D eigenvalue weighted by molar-refractivity contribution is -0.161. The first-order valence-corrected chi connectivity index (χ1v) is 14.6. The lowest BCUT2D eigenvalue weighted by atomic mass is 9.83. The maximum absolute atomic E-state index is 14.0. The normalized spacial score (nSPS) is 16.1. The maximum atomic E-state index is 14.0. The fraction of sp³-hybridized carbons (Fsp3) is 0.871. The maximum Gasteiger partial charge on any atom is 0.410 e. The van der Waals surface area contributed by atoms with Crippen LogP contribution in [0.3, 0.4) is 0 Å². The molecule has 40 heavy (non-hydrogen) atoms. The van der Waals surface area contributed by atoms with Crippen LogP contribution < -0.4 is 0 Å². The number of carbonyl (C=O) groups is 4. The topological polar surface area (TPSA) is 102 Å². The highest BCUT2D eigenvalue weighted by molar-refractivity contribution is 5.92. The molecule has 9 nitrogen and oxygen atoms in total. The zero-order valence-electron chi connectivity index (χ0n) is 27.9. The van der Waals surface area contributed by atoms with E-state index in [-0.39, 0.29) is 42.3 Å². The summed E-state index contributed by atoms with van der Waals surface area (Å²) >= 11 is 0. The van der Waals surface area contributed by atoms with Crippen molar-refractivity contribution in [3.63, 3.8) is 0 Å². The van der Waals surface area contributed by atoms with Gasteiger partial charge in [0.2, 0.25) is 5.91 Å². The number of hydrogen-bond donors (Lipinski definition) is 0. The van der Waals surface area contributed by atoms with Gasteiger partial charge < -0.3 is 24.0 Å². The highest BCUT2D eigenvalue weighted by Crippen LogP contribution is 2.28. The summed E-state index contributed by atoms with van der Waals surface area (Å²) in [6.45, 7) is 22.4. The van der Waals surface area contributed by atoms with Crippen molar-refractivity contribution in [3.05, 3.63) is 0 Å². The number of hydrogen-bond acceptors (Lipinski definition) is 7. The minimum Gasteiger partial charge on any atom is -0.460 e. The Morgan fingerprint density at radius 3 is 1.62 bits per heavy atom. The highest BCUT2D eigenvalue weighted by Gasteiger charge is 2.40. The molecule has 0 spiro atoms. The van der Waals surface area contributed by atoms with E-state index < -0.39 is 47.4 Å². The number of amides is 2. The predicted molar refractivity (Wildman–Crippen MR) is 158 cm³/mol. The van der Waals surface area contributed by atoms with Gasteiger partial charge in [-0.2, -0.15) is 0 Å². The third-order valence-corrected chi connectivity index (χ3v) is 7.10. The molecule has 0 fully saturated rings. The van der Waals surface area contributed by atoms with E-state index in [0.29, 0.717) is 0 Å². The van der Waals surface area contributed by atoms with Crippen LogP contribution >= 0.6 is 0 Å². The summed E-state index contributed by atoms with van der Waals surface area (Å²) in [5, 5.41) is 0. The summed E-state index contributed by atoms with van der Waals surface area (Å²) in [5.74, 6) is -1.69. The average Bonchev–Trinajstić information content (AvgIpc) is 2.78. The number of ether oxygens (including phenoxy) is 3. The van der Waals surface area contributed by atoms with E-state index in [0.717, 1.165) is 6.42 Å². The molecule has 2 amide bonds. The quantitative estimate of drug-likeness (QED) is 0.246. The van der Waals surface area contributed by atoms with Crippen LogP contribution in [-0.2, 0) is 28.6 Å². The molecule has 0 N–H and O–H groups in total. The molecule has 0 saturated carbocycles. The van der Waals surface area contributed by atoms with E-state index >= 15 is 0 Å². The van der Waals surface area contributed by atoms with E-state index in [4.69, 9.17) is 14.2 Å². The molecule has 0 radical (unpaired) electrons. The summed E-state index contributed by atoms with van der Waals surface area (Å²) in [4.78, 5) is 56.1. The fourth-order valence-corrected chi connectivity index (χ4v) is 4.97. The molecule has 0 aliphatic heterocycles. The Kier molecular flexibility index (Phi) is 14.9. The van der Waals surface area contributed by atoms with Gasteiger partial charge in [0, 0.05) is 33.5 Å². The Morgan fingerprint density at radius 1 is 0.750 bits per heavy atom. The van der Waals surface area contributed by atoms with Crippen molar-refractivity contribution in [2.45, 2.75) is 132 Å². The Balaban J connectivity index is 6.10. The van der Waals surface area contributed by atoms with Gasteiger partial charge in [-0.15, -0.1) is 0 Å². The van der Waals surface area contributed by atoms with Gasteiger partial charge in [-0.3, -0.25) is 14.4 Å². The fourth-order valence-electron chi connectivity index (χ4n) is 4.97. The highest BCUT2D eigenvalue weighted by atomic mass is 16.6. The van der Waals surface area contributed by atoms with Gasteiger partial charge in [-0.05, 0) is 59.3 Å². The zero-order chi connectivity index (χ0) is 31.7. The number of rotatable bonds is 14. The Morgan fingerprint density at radius 2 is 1.25 bits per heavy atom. The van der Waals surface area contributed by atoms with Crippen molar-refractivity contribution in [3.8, 4) is 0 Å². The molecule has 5 atom stereocenters. The molecule has 0 aromatic carbocycles. The molecule has 0 saturated heterocycles. The minimum absolute atomic E-state index is 0.00176. The molecule has 0 heterocycles. The molecule has 0 aliphatic carbocycles. The number of Topliss-reactive ketones (excluding diaryl/α,β-unsaturated/α-hetero) is 1. The predicted octanol–water partition coefficient (Wildman–Crippen LogP) is 5.73. The second-order valence-electron chi connectivity index (χ2n) is 13.7. The van der Waals surface area contributed by atoms with Gasteiger partial charge in [0.1, 0.15) is 11.2 Å². The van der Waals surface area contributed by atoms with Crippen LogP contribution in [0.1, 0.15) is 102 Å². The molecule has 0 bridgehead atoms. The third-order valence-electron chi connectivity index (χ3n) is 7.10. The first-order valence-electron chi connectivity index (χ1n) is 14.6. The van der Waals surface area contributed by atoms with Gasteiger partial charge in [0.15, 0.2) is 5.78 Å². The van der Waals surface area contributed by atoms with E-state index in [1.807, 2.05) is 62.3 Å². The van der Waals surface area contributed by atoms with E-state index in [2.05, 4.69) is 0 Å². The molecule has 0 aliphatic rings. The Hall–Kier alpha value is -2.16. The van der Waals surface area contributed by atoms with Crippen LogP contribution in [-0.4, -0.2) is 84.1 Å². The minimum atomic E-state index is -0.738. The first kappa shape index (κ1) is 37.8. The Bertz CT molecular complexity index is 842. The second-order valence-corrected chi connectivity index (χ2v) is 13.7. The number of carbonyl (C=O) groups excluding carboxylic acids is 4. The van der Waals surface area contributed by atoms with Crippen molar-refractivity contribution in [2.24, 2.45) is 23.7 Å². The lowest BCUT2D eigenvalue weighted by Gasteiger charge is -2.40. The molecular weight excluding hydrogens is 512 g/mol. The van der Waals surface area contributed by atoms with Crippen LogP contribution in [0.5, 0.6) is 0 Å². The molecular formula is C31H58N2O7. The SMILES string of the molecule is CC[C@H](C)[C@@H]([C@@H](CC(=O)OC(C)(C)C)OC)N(C)C(=O)[C@@H](CC(=O)[C@H](C(C)C)N(C)C(=O)OC(C)(C)C)C(C)C. The van der Waals surface area contributed by atoms with Gasteiger partial charge in [-0.1, -0.05) is 48.0 Å². The molecule has 0 aromatic rings. The lowest BCUT2D eigenvalue weighted by Crippen LogP contribution is -2.53. The smallest absolute Gasteiger partial charge is 0.410 e. The van der Waals surface area contributed by atoms with Gasteiger partial charge >= 0.3 is 12.1 Å². The summed E-state index contributed by atoms with van der Waals surface area (Å²) in [7, 11) is 4.81. The summed E-state index contributed by atoms with van der Waals surface area (Å²) in [5.41, 5.74) is -1.33. The number of esters is 1. The summed E-state index contributed by atoms with van der Waals surface area (Å²) in [6.07, 6.45) is -0.414. The van der Waals surface area contributed by atoms with Crippen molar-refractivity contribution >= 4 is 23.8 Å². The van der Waals surface area contributed by atoms with Gasteiger partial charge in [0.25, 0.3) is 0 Å². The van der Waals surface area contributed by atoms with E-state index in [1.165, 1.54) is 12.0 Å². The zero-order valence-corrected chi connectivity index (χ0v) is 27.9. The van der Waals surface area contributed by atoms with Crippen molar-refractivity contribution < 1.29 is 33.4 Å². The van der Waals surface area contributed by atoms with Crippen molar-refractivity contribution in [2.75, 3.05) is 21.2 Å². The van der Waals surface area contributed by atoms with Crippen LogP contribution in [0.25, 0.3) is 0 Å². The molecule has 0 unspecified atom stereocenters. The van der Waals surface area contributed by atoms with Gasteiger partial charge in [-0.25, -0.2) is 4.79 Å². The average molecular weight is 571 g/mol. The molecule has 9 heteroatoms. The standard InChI is InChI=1S/C31H58N2O7/c1-16-21(6)27(24(38-15)18-25(35)39-30(7,8)9)32(13)28(36)22(19(2)3)17-23(34)26(20(4)5)33(14)29(37)40-31(10,11)12/h19-22,24,26-27H,16-18H2,1-15H3/t21-,22-,24+,26-,27-/m0/s1. The van der Waals surface area contributed by atoms with E-state index in [1.54, 1.807) is 39.8 Å². The van der Waals surface area contributed by atoms with E-state index in [9.17, 15) is 19.2 Å². The molecule has 0 aromatic heterocycles. The summed E-state index contributed by atoms with van der Waals surface area (Å²) in [6, 6.07) is -1.14. The summed E-state index contributed by atoms with van der Waals surface area (Å²) < 4.78 is 16.8. The van der Waals surface area contributed by atoms with Crippen LogP contribution in [0.4, 0.5) is 4.79 Å². The van der Waals surface area contributed by atoms with Crippen molar-refractivity contribution in [1.29, 1.82) is 0 Å². The Labute approximate surface area is 243 Å². The van der Waals surface area contributed by atoms with Crippen LogP contribution in [0.2, 0.25) is 0 Å². The number of nitrogens with zero attached hydrogens (tertiary/aromatic N) is 2. The monoisotopic (exact) mass is 570 g/mol. The number of methoxy groups -OCH3 is 1. The third kappa shape index (κ3) is 12.1.